The molecule has 3 amide bonds. The van der Waals surface area contributed by atoms with Gasteiger partial charge >= 0.3 is 6.09 Å². The first-order valence-electron chi connectivity index (χ1n) is 14.5. The maximum Gasteiger partial charge on any atom is 0.408 e. The minimum absolute atomic E-state index is 0.124. The number of hydrogen-bond acceptors (Lipinski definition) is 4. The first-order valence-corrected chi connectivity index (χ1v) is 14.5. The van der Waals surface area contributed by atoms with Gasteiger partial charge in [-0.15, -0.1) is 0 Å². The number of rotatable bonds is 11. The van der Waals surface area contributed by atoms with Gasteiger partial charge in [-0.1, -0.05) is 75.8 Å². The maximum absolute atomic E-state index is 14.2. The summed E-state index contributed by atoms with van der Waals surface area (Å²) in [6, 6.07) is 4.64. The number of aryl methyl sites for hydroxylation is 2. The van der Waals surface area contributed by atoms with E-state index in [2.05, 4.69) is 23.6 Å². The summed E-state index contributed by atoms with van der Waals surface area (Å²) < 4.78 is 5.49. The number of nitrogens with one attached hydrogen (secondary N) is 2. The Morgan fingerprint density at radius 2 is 1.63 bits per heavy atom. The van der Waals surface area contributed by atoms with Crippen LogP contribution in [0.25, 0.3) is 0 Å². The second-order valence-corrected chi connectivity index (χ2v) is 12.4. The number of carbonyl (C=O) groups is 3. The summed E-state index contributed by atoms with van der Waals surface area (Å²) in [6.07, 6.45) is 6.79. The smallest absolute Gasteiger partial charge is 0.408 e. The Balaban J connectivity index is 2.49. The van der Waals surface area contributed by atoms with Gasteiger partial charge in [-0.3, -0.25) is 9.59 Å². The van der Waals surface area contributed by atoms with Crippen molar-refractivity contribution < 1.29 is 19.1 Å². The second kappa shape index (κ2) is 14.5. The number of alkyl carbamates (subject to hydrolysis) is 1. The first kappa shape index (κ1) is 31.6. The quantitative estimate of drug-likeness (QED) is 0.349. The van der Waals surface area contributed by atoms with Crippen LogP contribution in [-0.4, -0.2) is 47.0 Å². The van der Waals surface area contributed by atoms with Crippen LogP contribution in [0.2, 0.25) is 0 Å². The predicted octanol–water partition coefficient (Wildman–Crippen LogP) is 6.36. The van der Waals surface area contributed by atoms with Gasteiger partial charge in [0.25, 0.3) is 0 Å². The van der Waals surface area contributed by atoms with Crippen LogP contribution in [0.1, 0.15) is 116 Å². The van der Waals surface area contributed by atoms with Crippen molar-refractivity contribution >= 4 is 17.9 Å². The molecule has 214 valence electrons. The molecule has 1 saturated carbocycles. The zero-order chi connectivity index (χ0) is 28.5. The minimum atomic E-state index is -0.794. The molecule has 1 aliphatic carbocycles. The Morgan fingerprint density at radius 1 is 1.03 bits per heavy atom. The van der Waals surface area contributed by atoms with Crippen molar-refractivity contribution in [2.75, 3.05) is 6.54 Å². The molecule has 0 bridgehead atoms. The van der Waals surface area contributed by atoms with E-state index in [0.29, 0.717) is 13.0 Å². The van der Waals surface area contributed by atoms with E-state index >= 15 is 0 Å². The Bertz CT molecular complexity index is 911. The first-order chi connectivity index (χ1) is 17.8. The number of carbonyl (C=O) groups excluding carboxylic acids is 3. The molecule has 2 unspecified atom stereocenters. The van der Waals surface area contributed by atoms with Crippen LogP contribution >= 0.6 is 0 Å². The predicted molar refractivity (Wildman–Crippen MR) is 153 cm³/mol. The van der Waals surface area contributed by atoms with E-state index < -0.39 is 23.8 Å². The van der Waals surface area contributed by atoms with Gasteiger partial charge in [-0.25, -0.2) is 4.79 Å². The van der Waals surface area contributed by atoms with Gasteiger partial charge in [0.05, 0.1) is 0 Å². The lowest BCUT2D eigenvalue weighted by atomic mass is 9.93. The van der Waals surface area contributed by atoms with Crippen molar-refractivity contribution in [1.29, 1.82) is 0 Å². The van der Waals surface area contributed by atoms with Crippen molar-refractivity contribution in [3.05, 3.63) is 34.9 Å². The summed E-state index contributed by atoms with van der Waals surface area (Å²) in [5.74, 6) is -0.240. The monoisotopic (exact) mass is 529 g/mol. The molecule has 0 aromatic heterocycles. The highest BCUT2D eigenvalue weighted by molar-refractivity contribution is 5.92. The minimum Gasteiger partial charge on any atom is -0.444 e. The van der Waals surface area contributed by atoms with E-state index in [9.17, 15) is 14.4 Å². The van der Waals surface area contributed by atoms with Crippen LogP contribution in [0.4, 0.5) is 4.79 Å². The highest BCUT2D eigenvalue weighted by atomic mass is 16.6. The highest BCUT2D eigenvalue weighted by Gasteiger charge is 2.37. The zero-order valence-corrected chi connectivity index (χ0v) is 25.0. The number of unbranched alkanes of at least 4 members (excludes halogenated alkanes) is 1. The number of ether oxygens (including phenoxy) is 1. The summed E-state index contributed by atoms with van der Waals surface area (Å²) in [5.41, 5.74) is 2.22. The van der Waals surface area contributed by atoms with Gasteiger partial charge in [0.2, 0.25) is 11.8 Å². The van der Waals surface area contributed by atoms with Crippen LogP contribution in [0.15, 0.2) is 18.2 Å². The maximum atomic E-state index is 14.2. The summed E-state index contributed by atoms with van der Waals surface area (Å²) >= 11 is 0. The molecule has 0 aliphatic heterocycles. The molecule has 0 heterocycles. The average molecular weight is 530 g/mol. The summed E-state index contributed by atoms with van der Waals surface area (Å²) in [7, 11) is 0. The van der Waals surface area contributed by atoms with Gasteiger partial charge < -0.3 is 20.3 Å². The Labute approximate surface area is 230 Å². The van der Waals surface area contributed by atoms with E-state index in [1.807, 2.05) is 39.8 Å². The third-order valence-corrected chi connectivity index (χ3v) is 6.80. The molecule has 1 aromatic carbocycles. The molecule has 38 heavy (non-hydrogen) atoms. The third kappa shape index (κ3) is 10.3. The second-order valence-electron chi connectivity index (χ2n) is 12.4. The molecule has 0 saturated heterocycles. The third-order valence-electron chi connectivity index (χ3n) is 6.80. The molecular formula is C31H51N3O4. The van der Waals surface area contributed by atoms with Gasteiger partial charge in [0.1, 0.15) is 17.7 Å². The molecular weight excluding hydrogens is 478 g/mol. The topological polar surface area (TPSA) is 87.7 Å². The average Bonchev–Trinajstić information content (AvgIpc) is 2.79. The molecule has 1 aliphatic rings. The fourth-order valence-corrected chi connectivity index (χ4v) is 5.21. The Kier molecular flexibility index (Phi) is 12.1. The van der Waals surface area contributed by atoms with Crippen LogP contribution in [0.5, 0.6) is 0 Å². The van der Waals surface area contributed by atoms with Gasteiger partial charge in [0, 0.05) is 12.6 Å². The standard InChI is InChI=1S/C31H51N3O4/c1-9-10-16-34(29(36)26(17-21(2)3)33-30(37)38-31(6,7)8)27(24-19-22(4)18-23(5)20-24)28(35)32-25-14-12-11-13-15-25/h18-21,25-27H,9-17H2,1-8H3,(H,32,35)(H,33,37). The zero-order valence-electron chi connectivity index (χ0n) is 25.0. The SMILES string of the molecule is CCCCN(C(=O)C(CC(C)C)NC(=O)OC(C)(C)C)C(C(=O)NC1CCCCC1)c1cc(C)cc(C)c1. The molecule has 2 atom stereocenters. The molecule has 7 nitrogen and oxygen atoms in total. The van der Waals surface area contributed by atoms with Crippen molar-refractivity contribution in [2.24, 2.45) is 5.92 Å². The molecule has 0 spiro atoms. The molecule has 1 aromatic rings. The molecule has 2 N–H and O–H groups in total. The lowest BCUT2D eigenvalue weighted by Crippen LogP contribution is -2.54. The Morgan fingerprint density at radius 3 is 2.16 bits per heavy atom. The number of nitrogens with zero attached hydrogens (tertiary/aromatic N) is 1. The Hall–Kier alpha value is -2.57. The fraction of sp³-hybridized carbons (Fsp3) is 0.710. The highest BCUT2D eigenvalue weighted by Crippen LogP contribution is 2.28. The van der Waals surface area contributed by atoms with Crippen LogP contribution in [-0.2, 0) is 14.3 Å². The van der Waals surface area contributed by atoms with Crippen molar-refractivity contribution in [3.63, 3.8) is 0 Å². The summed E-state index contributed by atoms with van der Waals surface area (Å²) in [5, 5.41) is 6.10. The molecule has 7 heteroatoms. The number of hydrogen-bond donors (Lipinski definition) is 2. The van der Waals surface area contributed by atoms with Crippen LogP contribution in [0, 0.1) is 19.8 Å². The van der Waals surface area contributed by atoms with Crippen molar-refractivity contribution in [2.45, 2.75) is 130 Å². The summed E-state index contributed by atoms with van der Waals surface area (Å²) in [6.45, 7) is 15.9. The van der Waals surface area contributed by atoms with Crippen LogP contribution < -0.4 is 10.6 Å². The van der Waals surface area contributed by atoms with Gasteiger partial charge in [-0.05, 0) is 71.8 Å². The lowest BCUT2D eigenvalue weighted by Gasteiger charge is -2.36. The normalized spacial score (nSPS) is 16.0. The van der Waals surface area contributed by atoms with E-state index in [1.54, 1.807) is 25.7 Å². The molecule has 0 radical (unpaired) electrons. The fourth-order valence-electron chi connectivity index (χ4n) is 5.21. The molecule has 2 rings (SSSR count). The van der Waals surface area contributed by atoms with E-state index in [-0.39, 0.29) is 23.8 Å². The van der Waals surface area contributed by atoms with Gasteiger partial charge in [0.15, 0.2) is 0 Å². The van der Waals surface area contributed by atoms with E-state index in [0.717, 1.165) is 55.2 Å². The summed E-state index contributed by atoms with van der Waals surface area (Å²) in [4.78, 5) is 42.7. The van der Waals surface area contributed by atoms with Crippen molar-refractivity contribution in [1.82, 2.24) is 15.5 Å². The van der Waals surface area contributed by atoms with Crippen molar-refractivity contribution in [3.8, 4) is 0 Å². The van der Waals surface area contributed by atoms with Crippen LogP contribution in [0.3, 0.4) is 0 Å². The van der Waals surface area contributed by atoms with E-state index in [4.69, 9.17) is 4.74 Å². The molecule has 1 fully saturated rings. The number of amides is 3. The largest absolute Gasteiger partial charge is 0.444 e. The number of benzene rings is 1. The van der Waals surface area contributed by atoms with Gasteiger partial charge in [-0.2, -0.15) is 0 Å². The lowest BCUT2D eigenvalue weighted by molar-refractivity contribution is -0.143. The van der Waals surface area contributed by atoms with E-state index in [1.165, 1.54) is 6.42 Å².